The Morgan fingerprint density at radius 3 is 2.41 bits per heavy atom. The van der Waals surface area contributed by atoms with Crippen LogP contribution in [0.4, 0.5) is 4.79 Å². The van der Waals surface area contributed by atoms with Crippen molar-refractivity contribution >= 4 is 40.5 Å². The molecule has 2 aromatic heterocycles. The molecule has 3 aromatic rings. The highest BCUT2D eigenvalue weighted by molar-refractivity contribution is 6.30. The van der Waals surface area contributed by atoms with Gasteiger partial charge in [-0.1, -0.05) is 37.6 Å². The van der Waals surface area contributed by atoms with E-state index in [2.05, 4.69) is 15.6 Å². The van der Waals surface area contributed by atoms with E-state index in [1.807, 2.05) is 13.8 Å². The number of fused-ring (bicyclic) bond motifs is 1. The molecule has 1 fully saturated rings. The van der Waals surface area contributed by atoms with Crippen molar-refractivity contribution < 1.29 is 19.1 Å². The monoisotopic (exact) mass is 555 g/mol. The van der Waals surface area contributed by atoms with Crippen LogP contribution in [0.3, 0.4) is 0 Å². The molecule has 1 aliphatic heterocycles. The van der Waals surface area contributed by atoms with Crippen molar-refractivity contribution in [3.05, 3.63) is 75.2 Å². The second-order valence-electron chi connectivity index (χ2n) is 9.82. The molecule has 10 nitrogen and oxygen atoms in total. The topological polar surface area (TPSA) is 123 Å². The van der Waals surface area contributed by atoms with E-state index in [0.29, 0.717) is 29.1 Å². The summed E-state index contributed by atoms with van der Waals surface area (Å²) in [6.07, 6.45) is 0.973. The molecule has 1 saturated heterocycles. The minimum absolute atomic E-state index is 0.0876. The second-order valence-corrected chi connectivity index (χ2v) is 10.3. The van der Waals surface area contributed by atoms with Crippen LogP contribution in [0.1, 0.15) is 50.5 Å². The maximum Gasteiger partial charge on any atom is 0.407 e. The standard InChI is InChI=1S/C26H28ClN5O5.C2H6/c1-26(2,3)37-25(36)30-19-13-31(14-19)21(33)15-32-22-17(5-4-10-28-22)11-20(24(32)35)23(34)29-12-16-6-8-18(27)9-7-16;1-2/h4-11,19H,12-15H2,1-3H3,(H,29,34)(H,30,36);1-2H3. The van der Waals surface area contributed by atoms with E-state index in [-0.39, 0.29) is 30.6 Å². The Labute approximate surface area is 232 Å². The van der Waals surface area contributed by atoms with E-state index < -0.39 is 23.2 Å². The molecular weight excluding hydrogens is 522 g/mol. The smallest absolute Gasteiger partial charge is 0.407 e. The number of likely N-dealkylation sites (tertiary alicyclic amines) is 1. The quantitative estimate of drug-likeness (QED) is 0.478. The molecule has 39 heavy (non-hydrogen) atoms. The van der Waals surface area contributed by atoms with E-state index in [4.69, 9.17) is 16.3 Å². The van der Waals surface area contributed by atoms with E-state index >= 15 is 0 Å². The summed E-state index contributed by atoms with van der Waals surface area (Å²) in [7, 11) is 0. The molecule has 3 heterocycles. The number of nitrogens with zero attached hydrogens (tertiary/aromatic N) is 3. The van der Waals surface area contributed by atoms with Gasteiger partial charge in [0.2, 0.25) is 5.91 Å². The molecule has 0 bridgehead atoms. The predicted octanol–water partition coefficient (Wildman–Crippen LogP) is 3.74. The fourth-order valence-electron chi connectivity index (χ4n) is 3.88. The average Bonchev–Trinajstić information content (AvgIpc) is 2.87. The first kappa shape index (κ1) is 29.6. The largest absolute Gasteiger partial charge is 0.444 e. The zero-order chi connectivity index (χ0) is 28.7. The Hall–Kier alpha value is -3.92. The summed E-state index contributed by atoms with van der Waals surface area (Å²) in [5.74, 6) is -0.882. The number of ether oxygens (including phenoxy) is 1. The molecule has 0 spiro atoms. The van der Waals surface area contributed by atoms with Crippen molar-refractivity contribution in [3.63, 3.8) is 0 Å². The molecule has 2 N–H and O–H groups in total. The minimum atomic E-state index is -0.620. The predicted molar refractivity (Wildman–Crippen MR) is 150 cm³/mol. The van der Waals surface area contributed by atoms with Crippen molar-refractivity contribution in [1.82, 2.24) is 25.1 Å². The fraction of sp³-hybridized carbons (Fsp3) is 0.393. The maximum atomic E-state index is 13.3. The van der Waals surface area contributed by atoms with Gasteiger partial charge in [-0.3, -0.25) is 19.0 Å². The molecule has 0 saturated carbocycles. The van der Waals surface area contributed by atoms with Crippen molar-refractivity contribution in [1.29, 1.82) is 0 Å². The van der Waals surface area contributed by atoms with Gasteiger partial charge < -0.3 is 20.3 Å². The van der Waals surface area contributed by atoms with Gasteiger partial charge in [0.05, 0.1) is 6.04 Å². The zero-order valence-electron chi connectivity index (χ0n) is 22.8. The summed E-state index contributed by atoms with van der Waals surface area (Å²) in [5, 5.41) is 6.60. The lowest BCUT2D eigenvalue weighted by atomic mass is 10.1. The number of rotatable bonds is 6. The summed E-state index contributed by atoms with van der Waals surface area (Å²) >= 11 is 5.90. The van der Waals surface area contributed by atoms with Crippen LogP contribution in [0.25, 0.3) is 11.0 Å². The summed E-state index contributed by atoms with van der Waals surface area (Å²) in [5.41, 5.74) is -0.195. The van der Waals surface area contributed by atoms with Crippen LogP contribution in [-0.4, -0.2) is 57.1 Å². The second kappa shape index (κ2) is 12.8. The third kappa shape index (κ3) is 7.79. The lowest BCUT2D eigenvalue weighted by Crippen LogP contribution is -2.62. The third-order valence-corrected chi connectivity index (χ3v) is 5.96. The van der Waals surface area contributed by atoms with E-state index in [9.17, 15) is 19.2 Å². The van der Waals surface area contributed by atoms with E-state index in [0.717, 1.165) is 5.56 Å². The van der Waals surface area contributed by atoms with Crippen LogP contribution in [0.2, 0.25) is 5.02 Å². The summed E-state index contributed by atoms with van der Waals surface area (Å²) in [6, 6.07) is 11.6. The number of hydrogen-bond acceptors (Lipinski definition) is 6. The van der Waals surface area contributed by atoms with Crippen molar-refractivity contribution in [2.75, 3.05) is 13.1 Å². The van der Waals surface area contributed by atoms with Gasteiger partial charge in [0.1, 0.15) is 23.4 Å². The van der Waals surface area contributed by atoms with Gasteiger partial charge in [0.15, 0.2) is 0 Å². The fourth-order valence-corrected chi connectivity index (χ4v) is 4.00. The Kier molecular flexibility index (Phi) is 9.69. The zero-order valence-corrected chi connectivity index (χ0v) is 23.5. The molecule has 1 aliphatic rings. The number of benzene rings is 1. The van der Waals surface area contributed by atoms with Gasteiger partial charge in [0, 0.05) is 36.2 Å². The molecule has 1 aromatic carbocycles. The average molecular weight is 556 g/mol. The number of alkyl carbamates (subject to hydrolysis) is 1. The first-order valence-corrected chi connectivity index (χ1v) is 13.2. The number of carbonyl (C=O) groups excluding carboxylic acids is 3. The molecular formula is C28H34ClN5O5. The summed E-state index contributed by atoms with van der Waals surface area (Å²) < 4.78 is 6.45. The van der Waals surface area contributed by atoms with Crippen LogP contribution in [-0.2, 0) is 22.6 Å². The molecule has 208 valence electrons. The number of nitrogens with one attached hydrogen (secondary N) is 2. The van der Waals surface area contributed by atoms with Crippen LogP contribution >= 0.6 is 11.6 Å². The number of aromatic nitrogens is 2. The van der Waals surface area contributed by atoms with Gasteiger partial charge in [-0.05, 0) is 56.7 Å². The first-order chi connectivity index (χ1) is 18.5. The molecule has 3 amide bonds. The van der Waals surface area contributed by atoms with Gasteiger partial charge in [0.25, 0.3) is 11.5 Å². The van der Waals surface area contributed by atoms with Gasteiger partial charge in [-0.25, -0.2) is 9.78 Å². The number of hydrogen-bond donors (Lipinski definition) is 2. The highest BCUT2D eigenvalue weighted by Crippen LogP contribution is 2.15. The minimum Gasteiger partial charge on any atom is -0.444 e. The van der Waals surface area contributed by atoms with Crippen molar-refractivity contribution in [2.24, 2.45) is 0 Å². The SMILES string of the molecule is CC.CC(C)(C)OC(=O)NC1CN(C(=O)Cn2c(=O)c(C(=O)NCc3ccc(Cl)cc3)cc3cccnc32)C1. The van der Waals surface area contributed by atoms with Crippen LogP contribution < -0.4 is 16.2 Å². The third-order valence-electron chi connectivity index (χ3n) is 5.71. The van der Waals surface area contributed by atoms with Crippen LogP contribution in [0, 0.1) is 0 Å². The Morgan fingerprint density at radius 1 is 1.10 bits per heavy atom. The van der Waals surface area contributed by atoms with Gasteiger partial charge in [-0.15, -0.1) is 0 Å². The first-order valence-electron chi connectivity index (χ1n) is 12.8. The Morgan fingerprint density at radius 2 is 1.77 bits per heavy atom. The van der Waals surface area contributed by atoms with Crippen LogP contribution in [0.15, 0.2) is 53.5 Å². The highest BCUT2D eigenvalue weighted by Gasteiger charge is 2.33. The molecule has 0 radical (unpaired) electrons. The molecule has 0 atom stereocenters. The van der Waals surface area contributed by atoms with Gasteiger partial charge >= 0.3 is 6.09 Å². The van der Waals surface area contributed by atoms with E-state index in [1.165, 1.54) is 21.7 Å². The Bertz CT molecular complexity index is 1390. The number of carbonyl (C=O) groups is 3. The molecule has 11 heteroatoms. The molecule has 0 unspecified atom stereocenters. The maximum absolute atomic E-state index is 13.3. The normalized spacial score (nSPS) is 13.1. The molecule has 4 rings (SSSR count). The summed E-state index contributed by atoms with van der Waals surface area (Å²) in [6.45, 7) is 9.81. The van der Waals surface area contributed by atoms with E-state index in [1.54, 1.807) is 57.2 Å². The number of pyridine rings is 2. The lowest BCUT2D eigenvalue weighted by molar-refractivity contribution is -0.136. The highest BCUT2D eigenvalue weighted by atomic mass is 35.5. The van der Waals surface area contributed by atoms with Crippen LogP contribution in [0.5, 0.6) is 0 Å². The van der Waals surface area contributed by atoms with Crippen molar-refractivity contribution in [3.8, 4) is 0 Å². The van der Waals surface area contributed by atoms with Crippen molar-refractivity contribution in [2.45, 2.75) is 59.4 Å². The summed E-state index contributed by atoms with van der Waals surface area (Å²) in [4.78, 5) is 56.9. The molecule has 0 aliphatic carbocycles. The Balaban J connectivity index is 0.00000205. The number of halogens is 1. The van der Waals surface area contributed by atoms with Gasteiger partial charge in [-0.2, -0.15) is 0 Å². The number of amides is 3. The lowest BCUT2D eigenvalue weighted by Gasteiger charge is -2.39.